The van der Waals surface area contributed by atoms with E-state index < -0.39 is 0 Å². The molecule has 1 aliphatic rings. The minimum atomic E-state index is -0.283. The van der Waals surface area contributed by atoms with E-state index in [1.807, 2.05) is 36.4 Å². The molecule has 3 heterocycles. The number of nitrogens with zero attached hydrogens (tertiary/aromatic N) is 4. The van der Waals surface area contributed by atoms with Crippen LogP contribution in [0.2, 0.25) is 0 Å². The van der Waals surface area contributed by atoms with Crippen LogP contribution in [0.25, 0.3) is 16.9 Å². The molecule has 0 aliphatic carbocycles. The van der Waals surface area contributed by atoms with E-state index in [1.54, 1.807) is 31.0 Å². The Hall–Kier alpha value is -4.07. The molecule has 1 saturated heterocycles. The molecule has 0 radical (unpaired) electrons. The van der Waals surface area contributed by atoms with Crippen molar-refractivity contribution in [3.8, 4) is 22.8 Å². The average Bonchev–Trinajstić information content (AvgIpc) is 3.34. The number of methoxy groups -OCH3 is 2. The summed E-state index contributed by atoms with van der Waals surface area (Å²) in [5, 5.41) is 7.48. The van der Waals surface area contributed by atoms with Crippen LogP contribution in [0.3, 0.4) is 0 Å². The molecule has 5 rings (SSSR count). The molecular formula is C26H27N5O3. The second-order valence-electron chi connectivity index (χ2n) is 8.25. The first-order chi connectivity index (χ1) is 16.7. The van der Waals surface area contributed by atoms with Gasteiger partial charge in [-0.1, -0.05) is 0 Å². The molecule has 0 spiro atoms. The highest BCUT2D eigenvalue weighted by atomic mass is 16.5. The SMILES string of the molecule is COc1ccc(-c2ccnc3cc(C(=O)Nc4ccc(N5CCCCC5)cc4)nn23)cc1OC. The van der Waals surface area contributed by atoms with E-state index in [0.717, 1.165) is 30.0 Å². The molecular weight excluding hydrogens is 430 g/mol. The topological polar surface area (TPSA) is 81.0 Å². The number of benzene rings is 2. The van der Waals surface area contributed by atoms with E-state index in [1.165, 1.54) is 24.9 Å². The molecule has 0 atom stereocenters. The normalized spacial score (nSPS) is 13.6. The smallest absolute Gasteiger partial charge is 0.276 e. The maximum atomic E-state index is 12.9. The van der Waals surface area contributed by atoms with Crippen LogP contribution in [0.1, 0.15) is 29.8 Å². The minimum absolute atomic E-state index is 0.283. The fourth-order valence-electron chi connectivity index (χ4n) is 4.32. The van der Waals surface area contributed by atoms with Gasteiger partial charge in [0.05, 0.1) is 19.9 Å². The predicted molar refractivity (Wildman–Crippen MR) is 132 cm³/mol. The van der Waals surface area contributed by atoms with Crippen LogP contribution in [-0.2, 0) is 0 Å². The zero-order valence-corrected chi connectivity index (χ0v) is 19.3. The number of anilines is 2. The van der Waals surface area contributed by atoms with Crippen molar-refractivity contribution >= 4 is 22.9 Å². The van der Waals surface area contributed by atoms with E-state index in [9.17, 15) is 4.79 Å². The number of carbonyl (C=O) groups excluding carboxylic acids is 1. The summed E-state index contributed by atoms with van der Waals surface area (Å²) in [6.07, 6.45) is 5.45. The summed E-state index contributed by atoms with van der Waals surface area (Å²) in [5.74, 6) is 0.973. The van der Waals surface area contributed by atoms with Crippen LogP contribution in [0, 0.1) is 0 Å². The first kappa shape index (κ1) is 21.8. The van der Waals surface area contributed by atoms with Gasteiger partial charge in [-0.05, 0) is 67.8 Å². The lowest BCUT2D eigenvalue weighted by Gasteiger charge is -2.28. The van der Waals surface area contributed by atoms with Gasteiger partial charge < -0.3 is 19.7 Å². The molecule has 8 nitrogen and oxygen atoms in total. The largest absolute Gasteiger partial charge is 0.493 e. The van der Waals surface area contributed by atoms with Crippen LogP contribution >= 0.6 is 0 Å². The van der Waals surface area contributed by atoms with Crippen molar-refractivity contribution in [3.63, 3.8) is 0 Å². The summed E-state index contributed by atoms with van der Waals surface area (Å²) in [7, 11) is 3.20. The number of piperidine rings is 1. The lowest BCUT2D eigenvalue weighted by molar-refractivity contribution is 0.102. The van der Waals surface area contributed by atoms with E-state index in [4.69, 9.17) is 9.47 Å². The third kappa shape index (κ3) is 4.26. The standard InChI is InChI=1S/C26H27N5O3/c1-33-23-11-6-18(16-24(23)34-2)22-12-13-27-25-17-21(29-31(22)25)26(32)28-19-7-9-20(10-8-19)30-14-4-3-5-15-30/h6-13,16-17H,3-5,14-15H2,1-2H3,(H,28,32). The molecule has 2 aromatic heterocycles. The number of nitrogens with one attached hydrogen (secondary N) is 1. The van der Waals surface area contributed by atoms with Gasteiger partial charge in [0.2, 0.25) is 0 Å². The fourth-order valence-corrected chi connectivity index (χ4v) is 4.32. The summed E-state index contributed by atoms with van der Waals surface area (Å²) in [5.41, 5.74) is 4.45. The summed E-state index contributed by atoms with van der Waals surface area (Å²) in [6, 6.07) is 17.1. The Labute approximate surface area is 198 Å². The highest BCUT2D eigenvalue weighted by molar-refractivity contribution is 6.03. The maximum Gasteiger partial charge on any atom is 0.276 e. The number of carbonyl (C=O) groups is 1. The number of hydrogen-bond donors (Lipinski definition) is 1. The molecule has 2 aromatic carbocycles. The van der Waals surface area contributed by atoms with Crippen molar-refractivity contribution in [1.82, 2.24) is 14.6 Å². The quantitative estimate of drug-likeness (QED) is 0.454. The Morgan fingerprint density at radius 2 is 1.68 bits per heavy atom. The highest BCUT2D eigenvalue weighted by Crippen LogP contribution is 2.32. The third-order valence-electron chi connectivity index (χ3n) is 6.12. The van der Waals surface area contributed by atoms with Gasteiger partial charge in [0, 0.05) is 42.3 Å². The summed E-state index contributed by atoms with van der Waals surface area (Å²) >= 11 is 0. The number of aromatic nitrogens is 3. The lowest BCUT2D eigenvalue weighted by Crippen LogP contribution is -2.29. The first-order valence-corrected chi connectivity index (χ1v) is 11.4. The van der Waals surface area contributed by atoms with Crippen molar-refractivity contribution < 1.29 is 14.3 Å². The number of amides is 1. The Morgan fingerprint density at radius 3 is 2.41 bits per heavy atom. The molecule has 1 N–H and O–H groups in total. The van der Waals surface area contributed by atoms with Crippen LogP contribution < -0.4 is 19.7 Å². The van der Waals surface area contributed by atoms with Gasteiger partial charge in [0.1, 0.15) is 0 Å². The molecule has 0 saturated carbocycles. The summed E-state index contributed by atoms with van der Waals surface area (Å²) < 4.78 is 12.4. The first-order valence-electron chi connectivity index (χ1n) is 11.4. The van der Waals surface area contributed by atoms with Gasteiger partial charge in [-0.2, -0.15) is 5.10 Å². The number of hydrogen-bond acceptors (Lipinski definition) is 6. The van der Waals surface area contributed by atoms with Gasteiger partial charge >= 0.3 is 0 Å². The third-order valence-corrected chi connectivity index (χ3v) is 6.12. The minimum Gasteiger partial charge on any atom is -0.493 e. The molecule has 174 valence electrons. The Morgan fingerprint density at radius 1 is 0.912 bits per heavy atom. The maximum absolute atomic E-state index is 12.9. The van der Waals surface area contributed by atoms with Gasteiger partial charge in [0.25, 0.3) is 5.91 Å². The molecule has 4 aromatic rings. The molecule has 1 aliphatic heterocycles. The Balaban J connectivity index is 1.38. The second kappa shape index (κ2) is 9.43. The number of rotatable bonds is 6. The van der Waals surface area contributed by atoms with Gasteiger partial charge in [-0.25, -0.2) is 9.50 Å². The van der Waals surface area contributed by atoms with Gasteiger partial charge in [0.15, 0.2) is 22.8 Å². The molecule has 34 heavy (non-hydrogen) atoms. The fraction of sp³-hybridized carbons (Fsp3) is 0.269. The molecule has 8 heteroatoms. The lowest BCUT2D eigenvalue weighted by atomic mass is 10.1. The number of fused-ring (bicyclic) bond motifs is 1. The van der Waals surface area contributed by atoms with Gasteiger partial charge in [-0.15, -0.1) is 0 Å². The molecule has 0 bridgehead atoms. The van der Waals surface area contributed by atoms with Crippen molar-refractivity contribution in [2.24, 2.45) is 0 Å². The van der Waals surface area contributed by atoms with E-state index in [2.05, 4.69) is 32.4 Å². The zero-order chi connectivity index (χ0) is 23.5. The van der Waals surface area contributed by atoms with Crippen molar-refractivity contribution in [2.75, 3.05) is 37.5 Å². The monoisotopic (exact) mass is 457 g/mol. The Kier molecular flexibility index (Phi) is 6.03. The Bertz CT molecular complexity index is 1310. The summed E-state index contributed by atoms with van der Waals surface area (Å²) in [4.78, 5) is 19.7. The van der Waals surface area contributed by atoms with E-state index >= 15 is 0 Å². The van der Waals surface area contributed by atoms with Crippen molar-refractivity contribution in [2.45, 2.75) is 19.3 Å². The predicted octanol–water partition coefficient (Wildman–Crippen LogP) is 4.66. The van der Waals surface area contributed by atoms with Crippen LogP contribution in [0.15, 0.2) is 60.8 Å². The number of ether oxygens (including phenoxy) is 2. The molecule has 1 amide bonds. The van der Waals surface area contributed by atoms with E-state index in [0.29, 0.717) is 22.8 Å². The van der Waals surface area contributed by atoms with Crippen molar-refractivity contribution in [3.05, 3.63) is 66.5 Å². The second-order valence-corrected chi connectivity index (χ2v) is 8.25. The van der Waals surface area contributed by atoms with Crippen LogP contribution in [0.4, 0.5) is 11.4 Å². The van der Waals surface area contributed by atoms with Gasteiger partial charge in [-0.3, -0.25) is 4.79 Å². The molecule has 1 fully saturated rings. The van der Waals surface area contributed by atoms with Crippen LogP contribution in [-0.4, -0.2) is 47.8 Å². The highest BCUT2D eigenvalue weighted by Gasteiger charge is 2.16. The van der Waals surface area contributed by atoms with Crippen molar-refractivity contribution in [1.29, 1.82) is 0 Å². The van der Waals surface area contributed by atoms with E-state index in [-0.39, 0.29) is 5.91 Å². The molecule has 0 unspecified atom stereocenters. The summed E-state index contributed by atoms with van der Waals surface area (Å²) in [6.45, 7) is 2.17. The zero-order valence-electron chi connectivity index (χ0n) is 19.3. The average molecular weight is 458 g/mol. The van der Waals surface area contributed by atoms with Crippen LogP contribution in [0.5, 0.6) is 11.5 Å².